The molecule has 2 aliphatic rings. The molecule has 2 N–H and O–H groups in total. The first-order valence-electron chi connectivity index (χ1n) is 7.89. The second-order valence-corrected chi connectivity index (χ2v) is 7.02. The normalized spacial score (nSPS) is 22.7. The number of nitrogens with two attached hydrogens (primary N) is 1. The fourth-order valence-corrected chi connectivity index (χ4v) is 4.05. The van der Waals surface area contributed by atoms with Gasteiger partial charge in [0.05, 0.1) is 6.04 Å². The van der Waals surface area contributed by atoms with Crippen LogP contribution in [0.15, 0.2) is 5.38 Å². The molecule has 0 radical (unpaired) electrons. The molecular formula is C15H24N4OS. The summed E-state index contributed by atoms with van der Waals surface area (Å²) in [6.07, 6.45) is 4.85. The monoisotopic (exact) mass is 308 g/mol. The summed E-state index contributed by atoms with van der Waals surface area (Å²) in [4.78, 5) is 21.4. The van der Waals surface area contributed by atoms with Gasteiger partial charge in [0.2, 0.25) is 0 Å². The summed E-state index contributed by atoms with van der Waals surface area (Å²) in [6.45, 7) is 6.08. The molecule has 0 aliphatic carbocycles. The fourth-order valence-electron chi connectivity index (χ4n) is 3.30. The second-order valence-electron chi connectivity index (χ2n) is 6.13. The summed E-state index contributed by atoms with van der Waals surface area (Å²) in [5, 5.41) is 2.68. The summed E-state index contributed by atoms with van der Waals surface area (Å²) >= 11 is 1.48. The molecule has 3 heterocycles. The lowest BCUT2D eigenvalue weighted by molar-refractivity contribution is 0.0639. The molecular weight excluding hydrogens is 284 g/mol. The van der Waals surface area contributed by atoms with E-state index >= 15 is 0 Å². The van der Waals surface area contributed by atoms with Gasteiger partial charge in [-0.2, -0.15) is 0 Å². The van der Waals surface area contributed by atoms with Gasteiger partial charge in [-0.15, -0.1) is 11.3 Å². The number of rotatable bonds is 3. The molecule has 116 valence electrons. The molecule has 1 atom stereocenters. The van der Waals surface area contributed by atoms with Crippen LogP contribution < -0.4 is 5.73 Å². The minimum Gasteiger partial charge on any atom is -0.337 e. The quantitative estimate of drug-likeness (QED) is 0.926. The topological polar surface area (TPSA) is 62.5 Å². The van der Waals surface area contributed by atoms with E-state index in [1.165, 1.54) is 37.3 Å². The number of hydrogen-bond donors (Lipinski definition) is 1. The lowest BCUT2D eigenvalue weighted by Crippen LogP contribution is -2.46. The smallest absolute Gasteiger partial charge is 0.273 e. The van der Waals surface area contributed by atoms with Gasteiger partial charge < -0.3 is 15.5 Å². The highest BCUT2D eigenvalue weighted by molar-refractivity contribution is 7.09. The molecule has 0 saturated carbocycles. The third-order valence-electron chi connectivity index (χ3n) is 4.54. The Hall–Kier alpha value is -0.980. The summed E-state index contributed by atoms with van der Waals surface area (Å²) in [5.41, 5.74) is 6.37. The molecule has 2 fully saturated rings. The van der Waals surface area contributed by atoms with Crippen LogP contribution in [0.3, 0.4) is 0 Å². The molecule has 2 aliphatic heterocycles. The average molecular weight is 308 g/mol. The van der Waals surface area contributed by atoms with E-state index in [2.05, 4.69) is 9.88 Å². The zero-order valence-corrected chi connectivity index (χ0v) is 13.4. The minimum atomic E-state index is -0.0996. The van der Waals surface area contributed by atoms with Crippen molar-refractivity contribution in [3.8, 4) is 0 Å². The zero-order valence-electron chi connectivity index (χ0n) is 12.6. The number of piperidine rings is 1. The highest BCUT2D eigenvalue weighted by Gasteiger charge is 2.29. The minimum absolute atomic E-state index is 0.0676. The van der Waals surface area contributed by atoms with Gasteiger partial charge >= 0.3 is 0 Å². The molecule has 1 unspecified atom stereocenters. The Labute approximate surface area is 130 Å². The number of nitrogens with zero attached hydrogens (tertiary/aromatic N) is 3. The van der Waals surface area contributed by atoms with Gasteiger partial charge in [-0.25, -0.2) is 4.98 Å². The molecule has 5 nitrogen and oxygen atoms in total. The van der Waals surface area contributed by atoms with E-state index in [1.54, 1.807) is 0 Å². The van der Waals surface area contributed by atoms with E-state index in [4.69, 9.17) is 5.73 Å². The molecule has 3 rings (SSSR count). The van der Waals surface area contributed by atoms with Gasteiger partial charge in [0.1, 0.15) is 10.7 Å². The average Bonchev–Trinajstić information content (AvgIpc) is 3.18. The number of likely N-dealkylation sites (tertiary alicyclic amines) is 2. The Morgan fingerprint density at radius 1 is 1.33 bits per heavy atom. The van der Waals surface area contributed by atoms with E-state index in [1.807, 2.05) is 17.2 Å². The Bertz CT molecular complexity index is 488. The van der Waals surface area contributed by atoms with Crippen molar-refractivity contribution in [1.29, 1.82) is 0 Å². The van der Waals surface area contributed by atoms with Gasteiger partial charge in [0.25, 0.3) is 5.91 Å². The Balaban J connectivity index is 1.56. The highest BCUT2D eigenvalue weighted by Crippen LogP contribution is 2.23. The van der Waals surface area contributed by atoms with Crippen LogP contribution in [0.2, 0.25) is 0 Å². The van der Waals surface area contributed by atoms with Crippen LogP contribution in [0.5, 0.6) is 0 Å². The standard InChI is InChI=1S/C15H24N4OS/c1-11(16)14-17-13(10-21-14)15(20)19-8-4-12(5-9-19)18-6-2-3-7-18/h10-12H,2-9,16H2,1H3. The summed E-state index contributed by atoms with van der Waals surface area (Å²) in [6, 6.07) is 0.573. The predicted molar refractivity (Wildman–Crippen MR) is 84.4 cm³/mol. The molecule has 21 heavy (non-hydrogen) atoms. The second kappa shape index (κ2) is 6.42. The number of hydrogen-bond acceptors (Lipinski definition) is 5. The maximum absolute atomic E-state index is 12.5. The number of carbonyl (C=O) groups is 1. The molecule has 1 amide bonds. The largest absolute Gasteiger partial charge is 0.337 e. The van der Waals surface area contributed by atoms with E-state index in [0.717, 1.165) is 30.9 Å². The first-order chi connectivity index (χ1) is 10.1. The van der Waals surface area contributed by atoms with Crippen molar-refractivity contribution < 1.29 is 4.79 Å². The van der Waals surface area contributed by atoms with Crippen LogP contribution >= 0.6 is 11.3 Å². The van der Waals surface area contributed by atoms with Crippen molar-refractivity contribution in [2.24, 2.45) is 5.73 Å². The number of aromatic nitrogens is 1. The summed E-state index contributed by atoms with van der Waals surface area (Å²) in [5.74, 6) is 0.0676. The first kappa shape index (κ1) is 14.9. The molecule has 0 spiro atoms. The van der Waals surface area contributed by atoms with Gasteiger partial charge in [0, 0.05) is 24.5 Å². The molecule has 1 aromatic rings. The number of thiazole rings is 1. The van der Waals surface area contributed by atoms with Crippen LogP contribution in [0, 0.1) is 0 Å². The first-order valence-corrected chi connectivity index (χ1v) is 8.77. The van der Waals surface area contributed by atoms with Crippen LogP contribution in [0.25, 0.3) is 0 Å². The molecule has 0 bridgehead atoms. The van der Waals surface area contributed by atoms with Gasteiger partial charge in [-0.05, 0) is 45.7 Å². The van der Waals surface area contributed by atoms with Gasteiger partial charge in [0.15, 0.2) is 0 Å². The molecule has 2 saturated heterocycles. The molecule has 6 heteroatoms. The Morgan fingerprint density at radius 3 is 2.57 bits per heavy atom. The van der Waals surface area contributed by atoms with Crippen LogP contribution in [0.4, 0.5) is 0 Å². The molecule has 1 aromatic heterocycles. The Morgan fingerprint density at radius 2 is 2.00 bits per heavy atom. The number of carbonyl (C=O) groups excluding carboxylic acids is 1. The van der Waals surface area contributed by atoms with Crippen molar-refractivity contribution in [2.45, 2.75) is 44.7 Å². The maximum atomic E-state index is 12.5. The van der Waals surface area contributed by atoms with Crippen molar-refractivity contribution in [2.75, 3.05) is 26.2 Å². The summed E-state index contributed by atoms with van der Waals surface area (Å²) in [7, 11) is 0. The van der Waals surface area contributed by atoms with E-state index in [-0.39, 0.29) is 11.9 Å². The maximum Gasteiger partial charge on any atom is 0.273 e. The van der Waals surface area contributed by atoms with Gasteiger partial charge in [-0.3, -0.25) is 4.79 Å². The van der Waals surface area contributed by atoms with Crippen LogP contribution in [0.1, 0.15) is 54.1 Å². The van der Waals surface area contributed by atoms with Crippen molar-refractivity contribution in [3.05, 3.63) is 16.1 Å². The van der Waals surface area contributed by atoms with Crippen LogP contribution in [-0.2, 0) is 0 Å². The van der Waals surface area contributed by atoms with Crippen molar-refractivity contribution >= 4 is 17.2 Å². The van der Waals surface area contributed by atoms with Crippen molar-refractivity contribution in [1.82, 2.24) is 14.8 Å². The zero-order chi connectivity index (χ0) is 14.8. The number of amides is 1. The lowest BCUT2D eigenvalue weighted by Gasteiger charge is -2.36. The third kappa shape index (κ3) is 3.27. The lowest BCUT2D eigenvalue weighted by atomic mass is 10.0. The van der Waals surface area contributed by atoms with Crippen molar-refractivity contribution in [3.63, 3.8) is 0 Å². The Kier molecular flexibility index (Phi) is 4.57. The van der Waals surface area contributed by atoms with Crippen LogP contribution in [-0.4, -0.2) is 52.9 Å². The van der Waals surface area contributed by atoms with Gasteiger partial charge in [-0.1, -0.05) is 0 Å². The van der Waals surface area contributed by atoms with E-state index < -0.39 is 0 Å². The third-order valence-corrected chi connectivity index (χ3v) is 5.59. The van der Waals surface area contributed by atoms with E-state index in [9.17, 15) is 4.79 Å². The van der Waals surface area contributed by atoms with E-state index in [0.29, 0.717) is 11.7 Å². The molecule has 0 aromatic carbocycles. The predicted octanol–water partition coefficient (Wildman–Crippen LogP) is 1.86. The SMILES string of the molecule is CC(N)c1nc(C(=O)N2CCC(N3CCCC3)CC2)cs1. The highest BCUT2D eigenvalue weighted by atomic mass is 32.1. The fraction of sp³-hybridized carbons (Fsp3) is 0.733. The summed E-state index contributed by atoms with van der Waals surface area (Å²) < 4.78 is 0.